The van der Waals surface area contributed by atoms with Crippen LogP contribution in [0.1, 0.15) is 36.6 Å². The van der Waals surface area contributed by atoms with E-state index in [2.05, 4.69) is 18.2 Å². The van der Waals surface area contributed by atoms with Gasteiger partial charge in [-0.1, -0.05) is 17.7 Å². The van der Waals surface area contributed by atoms with Crippen LogP contribution >= 0.6 is 0 Å². The topological polar surface area (TPSA) is 71.9 Å². The summed E-state index contributed by atoms with van der Waals surface area (Å²) < 4.78 is 1.71. The first-order valence-electron chi connectivity index (χ1n) is 7.00. The average Bonchev–Trinajstić information content (AvgIpc) is 2.40. The number of aryl methyl sites for hydroxylation is 2. The maximum Gasteiger partial charge on any atom is 0.262 e. The van der Waals surface area contributed by atoms with Crippen LogP contribution in [0.25, 0.3) is 11.3 Å². The molecule has 0 aliphatic rings. The van der Waals surface area contributed by atoms with Crippen LogP contribution in [0.15, 0.2) is 35.1 Å². The first kappa shape index (κ1) is 15.0. The van der Waals surface area contributed by atoms with Gasteiger partial charge >= 0.3 is 0 Å². The standard InChI is InChI=1S/C17H21N3O/c1-10(2)20-15(8-7-13(16(18)19)17(20)21)14-9-11(3)5-6-12(14)4/h5-10H,1-4H3,(H3,18,19). The van der Waals surface area contributed by atoms with Gasteiger partial charge in [0.1, 0.15) is 5.84 Å². The molecule has 1 heterocycles. The maximum atomic E-state index is 12.6. The molecule has 0 aliphatic heterocycles. The van der Waals surface area contributed by atoms with Crippen LogP contribution in [-0.4, -0.2) is 10.4 Å². The van der Waals surface area contributed by atoms with E-state index in [1.165, 1.54) is 0 Å². The number of hydrogen-bond acceptors (Lipinski definition) is 2. The zero-order valence-corrected chi connectivity index (χ0v) is 12.9. The van der Waals surface area contributed by atoms with Crippen LogP contribution < -0.4 is 11.3 Å². The molecule has 0 atom stereocenters. The highest BCUT2D eigenvalue weighted by molar-refractivity contribution is 5.94. The molecule has 21 heavy (non-hydrogen) atoms. The van der Waals surface area contributed by atoms with E-state index in [0.717, 1.165) is 22.4 Å². The molecule has 0 saturated carbocycles. The minimum absolute atomic E-state index is 0.00767. The highest BCUT2D eigenvalue weighted by Gasteiger charge is 2.15. The van der Waals surface area contributed by atoms with E-state index in [1.54, 1.807) is 10.6 Å². The highest BCUT2D eigenvalue weighted by atomic mass is 16.1. The zero-order valence-electron chi connectivity index (χ0n) is 12.9. The second-order valence-corrected chi connectivity index (χ2v) is 5.63. The van der Waals surface area contributed by atoms with E-state index in [-0.39, 0.29) is 23.0 Å². The van der Waals surface area contributed by atoms with Gasteiger partial charge in [0.25, 0.3) is 5.56 Å². The molecule has 110 valence electrons. The number of rotatable bonds is 3. The number of nitrogen functional groups attached to an aromatic ring is 1. The predicted octanol–water partition coefficient (Wildman–Crippen LogP) is 3.00. The average molecular weight is 283 g/mol. The minimum atomic E-state index is -0.212. The Balaban J connectivity index is 2.81. The molecule has 0 amide bonds. The van der Waals surface area contributed by atoms with Crippen LogP contribution in [0.3, 0.4) is 0 Å². The Bertz CT molecular complexity index is 757. The van der Waals surface area contributed by atoms with Crippen LogP contribution in [0.4, 0.5) is 0 Å². The predicted molar refractivity (Wildman–Crippen MR) is 87.0 cm³/mol. The Morgan fingerprint density at radius 2 is 1.86 bits per heavy atom. The second-order valence-electron chi connectivity index (χ2n) is 5.63. The molecule has 0 aliphatic carbocycles. The van der Waals surface area contributed by atoms with Crippen LogP contribution in [-0.2, 0) is 0 Å². The Morgan fingerprint density at radius 3 is 2.43 bits per heavy atom. The molecule has 2 aromatic rings. The lowest BCUT2D eigenvalue weighted by molar-refractivity contribution is 0.584. The van der Waals surface area contributed by atoms with Gasteiger partial charge < -0.3 is 10.3 Å². The summed E-state index contributed by atoms with van der Waals surface area (Å²) in [4.78, 5) is 12.6. The van der Waals surface area contributed by atoms with E-state index >= 15 is 0 Å². The number of nitrogens with zero attached hydrogens (tertiary/aromatic N) is 1. The van der Waals surface area contributed by atoms with Crippen molar-refractivity contribution >= 4 is 5.84 Å². The molecule has 0 bridgehead atoms. The smallest absolute Gasteiger partial charge is 0.262 e. The normalized spacial score (nSPS) is 10.9. The number of pyridine rings is 1. The van der Waals surface area contributed by atoms with Crippen molar-refractivity contribution in [1.82, 2.24) is 4.57 Å². The molecule has 4 nitrogen and oxygen atoms in total. The van der Waals surface area contributed by atoms with Crippen molar-refractivity contribution in [3.63, 3.8) is 0 Å². The summed E-state index contributed by atoms with van der Waals surface area (Å²) >= 11 is 0. The molecule has 1 aromatic heterocycles. The minimum Gasteiger partial charge on any atom is -0.384 e. The number of amidine groups is 1. The van der Waals surface area contributed by atoms with Crippen LogP contribution in [0, 0.1) is 19.3 Å². The Morgan fingerprint density at radius 1 is 1.19 bits per heavy atom. The molecule has 4 heteroatoms. The van der Waals surface area contributed by atoms with Crippen molar-refractivity contribution in [2.24, 2.45) is 5.73 Å². The summed E-state index contributed by atoms with van der Waals surface area (Å²) in [6.45, 7) is 7.98. The molecule has 2 rings (SSSR count). The molecule has 0 unspecified atom stereocenters. The van der Waals surface area contributed by atoms with Crippen molar-refractivity contribution in [3.05, 3.63) is 57.4 Å². The van der Waals surface area contributed by atoms with Gasteiger partial charge in [0, 0.05) is 11.6 Å². The van der Waals surface area contributed by atoms with Crippen molar-refractivity contribution < 1.29 is 0 Å². The highest BCUT2D eigenvalue weighted by Crippen LogP contribution is 2.25. The van der Waals surface area contributed by atoms with Crippen molar-refractivity contribution in [2.45, 2.75) is 33.7 Å². The second kappa shape index (κ2) is 5.56. The van der Waals surface area contributed by atoms with Gasteiger partial charge in [-0.05, 0) is 51.5 Å². The molecule has 0 radical (unpaired) electrons. The lowest BCUT2D eigenvalue weighted by Gasteiger charge is -2.19. The summed E-state index contributed by atoms with van der Waals surface area (Å²) in [5.74, 6) is -0.193. The quantitative estimate of drug-likeness (QED) is 0.671. The summed E-state index contributed by atoms with van der Waals surface area (Å²) in [7, 11) is 0. The van der Waals surface area contributed by atoms with Crippen molar-refractivity contribution in [1.29, 1.82) is 5.41 Å². The van der Waals surface area contributed by atoms with E-state index < -0.39 is 0 Å². The molecular weight excluding hydrogens is 262 g/mol. The SMILES string of the molecule is Cc1ccc(C)c(-c2ccc(C(=N)N)c(=O)n2C(C)C)c1. The lowest BCUT2D eigenvalue weighted by Crippen LogP contribution is -2.31. The first-order chi connectivity index (χ1) is 9.82. The van der Waals surface area contributed by atoms with Crippen LogP contribution in [0.5, 0.6) is 0 Å². The third-order valence-electron chi connectivity index (χ3n) is 3.59. The molecule has 3 N–H and O–H groups in total. The van der Waals surface area contributed by atoms with Gasteiger partial charge in [-0.15, -0.1) is 0 Å². The summed E-state index contributed by atoms with van der Waals surface area (Å²) in [6, 6.07) is 9.70. The van der Waals surface area contributed by atoms with E-state index in [4.69, 9.17) is 11.1 Å². The fourth-order valence-corrected chi connectivity index (χ4v) is 2.50. The van der Waals surface area contributed by atoms with Gasteiger partial charge in [0.05, 0.1) is 11.3 Å². The Kier molecular flexibility index (Phi) is 3.98. The third kappa shape index (κ3) is 2.75. The van der Waals surface area contributed by atoms with Crippen LogP contribution in [0.2, 0.25) is 0 Å². The fraction of sp³-hybridized carbons (Fsp3) is 0.294. The lowest BCUT2D eigenvalue weighted by atomic mass is 10.0. The van der Waals surface area contributed by atoms with Gasteiger partial charge in [0.2, 0.25) is 0 Å². The summed E-state index contributed by atoms with van der Waals surface area (Å²) in [5.41, 5.74) is 9.70. The number of hydrogen-bond donors (Lipinski definition) is 2. The third-order valence-corrected chi connectivity index (χ3v) is 3.59. The number of nitrogens with two attached hydrogens (primary N) is 1. The molecule has 1 aromatic carbocycles. The van der Waals surface area contributed by atoms with E-state index in [9.17, 15) is 4.79 Å². The van der Waals surface area contributed by atoms with Gasteiger partial charge in [-0.25, -0.2) is 0 Å². The summed E-state index contributed by atoms with van der Waals surface area (Å²) in [6.07, 6.45) is 0. The number of benzene rings is 1. The van der Waals surface area contributed by atoms with Gasteiger partial charge in [-0.3, -0.25) is 10.2 Å². The Labute approximate surface area is 124 Å². The number of aromatic nitrogens is 1. The largest absolute Gasteiger partial charge is 0.384 e. The summed E-state index contributed by atoms with van der Waals surface area (Å²) in [5, 5.41) is 7.53. The van der Waals surface area contributed by atoms with Gasteiger partial charge in [0.15, 0.2) is 0 Å². The first-order valence-corrected chi connectivity index (χ1v) is 7.00. The molecule has 0 saturated heterocycles. The number of nitrogens with one attached hydrogen (secondary N) is 1. The van der Waals surface area contributed by atoms with Gasteiger partial charge in [-0.2, -0.15) is 0 Å². The van der Waals surface area contributed by atoms with E-state index in [1.807, 2.05) is 33.8 Å². The fourth-order valence-electron chi connectivity index (χ4n) is 2.50. The maximum absolute atomic E-state index is 12.6. The zero-order chi connectivity index (χ0) is 15.7. The van der Waals surface area contributed by atoms with E-state index in [0.29, 0.717) is 0 Å². The molecule has 0 spiro atoms. The molecule has 0 fully saturated rings. The Hall–Kier alpha value is -2.36. The molecular formula is C17H21N3O. The van der Waals surface area contributed by atoms with Crippen molar-refractivity contribution in [2.75, 3.05) is 0 Å². The monoisotopic (exact) mass is 283 g/mol. The van der Waals surface area contributed by atoms with Crippen molar-refractivity contribution in [3.8, 4) is 11.3 Å².